The molecule has 6 nitrogen and oxygen atoms in total. The van der Waals surface area contributed by atoms with Crippen molar-refractivity contribution in [2.24, 2.45) is 0 Å². The monoisotopic (exact) mass is 304 g/mol. The molecule has 1 aromatic rings. The Morgan fingerprint density at radius 1 is 1.14 bits per heavy atom. The average Bonchev–Trinajstić information content (AvgIpc) is 2.48. The molecule has 1 aliphatic carbocycles. The molecule has 1 saturated heterocycles. The highest BCUT2D eigenvalue weighted by atomic mass is 16.5. The third-order valence-electron chi connectivity index (χ3n) is 4.16. The molecular weight excluding hydrogens is 288 g/mol. The van der Waals surface area contributed by atoms with Gasteiger partial charge in [0.05, 0.1) is 23.9 Å². The van der Waals surface area contributed by atoms with Crippen LogP contribution >= 0.6 is 0 Å². The summed E-state index contributed by atoms with van der Waals surface area (Å²) in [5, 5.41) is 29.9. The average molecular weight is 304 g/mol. The summed E-state index contributed by atoms with van der Waals surface area (Å²) < 4.78 is 5.60. The Labute approximate surface area is 126 Å². The van der Waals surface area contributed by atoms with Crippen molar-refractivity contribution in [2.75, 3.05) is 0 Å². The minimum atomic E-state index is -0.998. The van der Waals surface area contributed by atoms with Crippen molar-refractivity contribution in [2.45, 2.75) is 37.8 Å². The zero-order valence-corrected chi connectivity index (χ0v) is 11.9. The molecule has 116 valence electrons. The van der Waals surface area contributed by atoms with Gasteiger partial charge in [-0.1, -0.05) is 6.07 Å². The van der Waals surface area contributed by atoms with Crippen LogP contribution in [0, 0.1) is 0 Å². The summed E-state index contributed by atoms with van der Waals surface area (Å²) in [6.45, 7) is 1.62. The van der Waals surface area contributed by atoms with Gasteiger partial charge in [0.25, 0.3) is 0 Å². The molecular formula is C16H16O6. The number of carbonyl (C=O) groups excluding carboxylic acids is 2. The van der Waals surface area contributed by atoms with Crippen molar-refractivity contribution in [1.82, 2.24) is 0 Å². The van der Waals surface area contributed by atoms with Crippen LogP contribution in [0.4, 0.5) is 0 Å². The van der Waals surface area contributed by atoms with E-state index in [1.165, 1.54) is 18.2 Å². The van der Waals surface area contributed by atoms with Crippen molar-refractivity contribution in [1.29, 1.82) is 0 Å². The van der Waals surface area contributed by atoms with Crippen molar-refractivity contribution in [3.63, 3.8) is 0 Å². The number of hydrogen-bond donors (Lipinski definition) is 3. The van der Waals surface area contributed by atoms with Gasteiger partial charge in [-0.25, -0.2) is 0 Å². The lowest BCUT2D eigenvalue weighted by molar-refractivity contribution is -0.163. The first-order chi connectivity index (χ1) is 10.4. The summed E-state index contributed by atoms with van der Waals surface area (Å²) in [5.74, 6) is -1.09. The third kappa shape index (κ3) is 2.25. The van der Waals surface area contributed by atoms with E-state index >= 15 is 0 Å². The molecule has 0 spiro atoms. The maximum Gasteiger partial charge on any atom is 0.190 e. The van der Waals surface area contributed by atoms with Crippen LogP contribution in [0.1, 0.15) is 45.7 Å². The van der Waals surface area contributed by atoms with Crippen LogP contribution in [0.2, 0.25) is 0 Å². The van der Waals surface area contributed by atoms with Crippen LogP contribution in [0.15, 0.2) is 24.3 Å². The van der Waals surface area contributed by atoms with Gasteiger partial charge < -0.3 is 20.1 Å². The lowest BCUT2D eigenvalue weighted by Crippen LogP contribution is -2.44. The normalized spacial score (nSPS) is 31.2. The standard InChI is InChI=1S/C16H16O6/c1-7-15(20)12(19)6-13(22-7)9-3-2-8-10(17)4-5-11(18)14(8)16(9)21/h2-5,7,12-13,15,19-21H,6H2,1H3. The maximum atomic E-state index is 11.9. The predicted octanol–water partition coefficient (Wildman–Crippen LogP) is 0.899. The van der Waals surface area contributed by atoms with E-state index in [1.807, 2.05) is 0 Å². The lowest BCUT2D eigenvalue weighted by Gasteiger charge is -2.36. The number of fused-ring (bicyclic) bond motifs is 1. The Kier molecular flexibility index (Phi) is 3.60. The largest absolute Gasteiger partial charge is 0.507 e. The zero-order chi connectivity index (χ0) is 16.0. The van der Waals surface area contributed by atoms with Gasteiger partial charge in [0, 0.05) is 17.5 Å². The molecule has 0 bridgehead atoms. The molecule has 3 N–H and O–H groups in total. The number of aliphatic hydroxyl groups excluding tert-OH is 2. The number of phenolic OH excluding ortho intramolecular Hbond substituents is 1. The molecule has 0 aromatic heterocycles. The van der Waals surface area contributed by atoms with Gasteiger partial charge >= 0.3 is 0 Å². The van der Waals surface area contributed by atoms with Crippen molar-refractivity contribution >= 4 is 11.6 Å². The second-order valence-electron chi connectivity index (χ2n) is 5.61. The number of carbonyl (C=O) groups is 2. The van der Waals surface area contributed by atoms with Crippen LogP contribution in [0.5, 0.6) is 5.75 Å². The van der Waals surface area contributed by atoms with E-state index in [9.17, 15) is 24.9 Å². The minimum absolute atomic E-state index is 0.0399. The van der Waals surface area contributed by atoms with E-state index < -0.39 is 30.2 Å². The molecule has 0 amide bonds. The molecule has 22 heavy (non-hydrogen) atoms. The first kappa shape index (κ1) is 14.9. The fourth-order valence-corrected chi connectivity index (χ4v) is 2.91. The summed E-state index contributed by atoms with van der Waals surface area (Å²) >= 11 is 0. The Morgan fingerprint density at radius 2 is 1.82 bits per heavy atom. The van der Waals surface area contributed by atoms with Gasteiger partial charge in [-0.05, 0) is 25.1 Å². The lowest BCUT2D eigenvalue weighted by atomic mass is 9.88. The van der Waals surface area contributed by atoms with Crippen LogP contribution in [0.3, 0.4) is 0 Å². The molecule has 2 aliphatic rings. The predicted molar refractivity (Wildman–Crippen MR) is 75.8 cm³/mol. The molecule has 1 aromatic carbocycles. The summed E-state index contributed by atoms with van der Waals surface area (Å²) in [6, 6.07) is 2.99. The topological polar surface area (TPSA) is 104 Å². The van der Waals surface area contributed by atoms with E-state index in [0.717, 1.165) is 6.08 Å². The summed E-state index contributed by atoms with van der Waals surface area (Å²) in [4.78, 5) is 23.7. The van der Waals surface area contributed by atoms with Crippen molar-refractivity contribution in [3.05, 3.63) is 41.0 Å². The van der Waals surface area contributed by atoms with Gasteiger partial charge in [-0.3, -0.25) is 9.59 Å². The molecule has 4 unspecified atom stereocenters. The summed E-state index contributed by atoms with van der Waals surface area (Å²) in [7, 11) is 0. The van der Waals surface area contributed by atoms with Gasteiger partial charge in [0.15, 0.2) is 11.6 Å². The van der Waals surface area contributed by atoms with E-state index in [-0.39, 0.29) is 29.1 Å². The molecule has 1 fully saturated rings. The SMILES string of the molecule is CC1OC(c2ccc3c(c2O)C(=O)C=CC3=O)CC(O)C1O. The van der Waals surface area contributed by atoms with Gasteiger partial charge in [-0.2, -0.15) is 0 Å². The second-order valence-corrected chi connectivity index (χ2v) is 5.61. The van der Waals surface area contributed by atoms with Crippen LogP contribution in [-0.2, 0) is 4.74 Å². The Bertz CT molecular complexity index is 665. The first-order valence-corrected chi connectivity index (χ1v) is 7.04. The number of ether oxygens (including phenoxy) is 1. The Morgan fingerprint density at radius 3 is 2.50 bits per heavy atom. The van der Waals surface area contributed by atoms with Gasteiger partial charge in [0.2, 0.25) is 0 Å². The Balaban J connectivity index is 2.02. The Hall–Kier alpha value is -2.02. The fraction of sp³-hybridized carbons (Fsp3) is 0.375. The number of rotatable bonds is 1. The number of allylic oxidation sites excluding steroid dienone is 2. The summed E-state index contributed by atoms with van der Waals surface area (Å²) in [5.41, 5.74) is 0.438. The first-order valence-electron chi connectivity index (χ1n) is 7.04. The van der Waals surface area contributed by atoms with Crippen molar-refractivity contribution in [3.8, 4) is 5.75 Å². The zero-order valence-electron chi connectivity index (χ0n) is 11.9. The van der Waals surface area contributed by atoms with E-state index in [2.05, 4.69) is 0 Å². The van der Waals surface area contributed by atoms with Crippen LogP contribution in [0.25, 0.3) is 0 Å². The third-order valence-corrected chi connectivity index (χ3v) is 4.16. The number of ketones is 2. The summed E-state index contributed by atoms with van der Waals surface area (Å²) in [6.07, 6.45) is -0.867. The number of phenols is 1. The van der Waals surface area contributed by atoms with Gasteiger partial charge in [0.1, 0.15) is 11.9 Å². The fourth-order valence-electron chi connectivity index (χ4n) is 2.91. The van der Waals surface area contributed by atoms with E-state index in [4.69, 9.17) is 4.74 Å². The minimum Gasteiger partial charge on any atom is -0.507 e. The highest BCUT2D eigenvalue weighted by Gasteiger charge is 2.37. The molecule has 4 atom stereocenters. The van der Waals surface area contributed by atoms with E-state index in [0.29, 0.717) is 5.56 Å². The smallest absolute Gasteiger partial charge is 0.190 e. The highest BCUT2D eigenvalue weighted by molar-refractivity contribution is 6.23. The quantitative estimate of drug-likeness (QED) is 0.712. The maximum absolute atomic E-state index is 11.9. The number of aromatic hydroxyl groups is 1. The molecule has 6 heteroatoms. The second kappa shape index (κ2) is 5.31. The van der Waals surface area contributed by atoms with Crippen molar-refractivity contribution < 1.29 is 29.6 Å². The molecule has 0 saturated carbocycles. The van der Waals surface area contributed by atoms with Crippen LogP contribution in [-0.4, -0.2) is 45.2 Å². The van der Waals surface area contributed by atoms with Crippen LogP contribution < -0.4 is 0 Å². The highest BCUT2D eigenvalue weighted by Crippen LogP contribution is 2.39. The number of aliphatic hydroxyl groups is 2. The molecule has 1 heterocycles. The number of benzene rings is 1. The number of hydrogen-bond acceptors (Lipinski definition) is 6. The van der Waals surface area contributed by atoms with Gasteiger partial charge in [-0.15, -0.1) is 0 Å². The molecule has 3 rings (SSSR count). The molecule has 1 aliphatic heterocycles. The molecule has 0 radical (unpaired) electrons. The van der Waals surface area contributed by atoms with E-state index in [1.54, 1.807) is 6.92 Å².